The Morgan fingerprint density at radius 3 is 2.56 bits per heavy atom. The van der Waals surface area contributed by atoms with Gasteiger partial charge in [-0.1, -0.05) is 11.6 Å². The van der Waals surface area contributed by atoms with Crippen LogP contribution in [0, 0.1) is 11.8 Å². The molecule has 134 valence electrons. The smallest absolute Gasteiger partial charge is 0.321 e. The molecule has 2 bridgehead atoms. The Hall–Kier alpha value is -1.79. The van der Waals surface area contributed by atoms with E-state index in [2.05, 4.69) is 10.6 Å². The number of carbonyl (C=O) groups excluding carboxylic acids is 2. The van der Waals surface area contributed by atoms with Crippen LogP contribution in [0.5, 0.6) is 0 Å². The Morgan fingerprint density at radius 1 is 1.24 bits per heavy atom. The molecule has 3 aliphatic rings. The summed E-state index contributed by atoms with van der Waals surface area (Å²) in [5, 5.41) is 5.99. The zero-order valence-electron chi connectivity index (χ0n) is 14.1. The van der Waals surface area contributed by atoms with Crippen molar-refractivity contribution in [3.8, 4) is 0 Å². The van der Waals surface area contributed by atoms with E-state index in [0.29, 0.717) is 46.9 Å². The van der Waals surface area contributed by atoms with Crippen LogP contribution in [0.4, 0.5) is 10.5 Å². The molecule has 0 aromatic heterocycles. The first-order chi connectivity index (χ1) is 12.1. The lowest BCUT2D eigenvalue weighted by molar-refractivity contribution is 0.0746. The van der Waals surface area contributed by atoms with Crippen molar-refractivity contribution in [1.29, 1.82) is 0 Å². The lowest BCUT2D eigenvalue weighted by atomic mass is 9.82. The van der Waals surface area contributed by atoms with Crippen LogP contribution in [-0.4, -0.2) is 48.7 Å². The normalized spacial score (nSPS) is 29.6. The highest BCUT2D eigenvalue weighted by molar-refractivity contribution is 6.34. The SMILES string of the molecule is CCNC(=O)c1cc(NC(=O)N2C[C@@H]3[C@H](C2)[C@H]2CC[C@@H]3O2)ccc1Cl. The van der Waals surface area contributed by atoms with Crippen LogP contribution in [-0.2, 0) is 4.74 Å². The molecule has 4 atom stereocenters. The summed E-state index contributed by atoms with van der Waals surface area (Å²) in [5.74, 6) is 0.703. The van der Waals surface area contributed by atoms with Gasteiger partial charge in [0.15, 0.2) is 0 Å². The highest BCUT2D eigenvalue weighted by Crippen LogP contribution is 2.47. The minimum atomic E-state index is -0.243. The summed E-state index contributed by atoms with van der Waals surface area (Å²) < 4.78 is 5.95. The summed E-state index contributed by atoms with van der Waals surface area (Å²) in [4.78, 5) is 26.5. The Kier molecular flexibility index (Phi) is 4.33. The van der Waals surface area contributed by atoms with E-state index in [9.17, 15) is 9.59 Å². The second kappa shape index (κ2) is 6.50. The molecule has 0 radical (unpaired) electrons. The molecule has 3 saturated heterocycles. The number of carbonyl (C=O) groups is 2. The Bertz CT molecular complexity index is 693. The second-order valence-corrected chi connectivity index (χ2v) is 7.41. The van der Waals surface area contributed by atoms with Crippen molar-refractivity contribution in [3.63, 3.8) is 0 Å². The number of anilines is 1. The van der Waals surface area contributed by atoms with Crippen LogP contribution in [0.1, 0.15) is 30.1 Å². The van der Waals surface area contributed by atoms with Crippen LogP contribution in [0.25, 0.3) is 0 Å². The van der Waals surface area contributed by atoms with Gasteiger partial charge in [-0.3, -0.25) is 4.79 Å². The fourth-order valence-corrected chi connectivity index (χ4v) is 4.56. The summed E-state index contributed by atoms with van der Waals surface area (Å²) in [7, 11) is 0. The number of nitrogens with one attached hydrogen (secondary N) is 2. The van der Waals surface area contributed by atoms with Gasteiger partial charge in [-0.25, -0.2) is 4.79 Å². The van der Waals surface area contributed by atoms with Gasteiger partial charge >= 0.3 is 6.03 Å². The number of urea groups is 1. The van der Waals surface area contributed by atoms with Gasteiger partial charge in [0.1, 0.15) is 0 Å². The zero-order chi connectivity index (χ0) is 17.6. The number of likely N-dealkylation sites (tertiary alicyclic amines) is 1. The van der Waals surface area contributed by atoms with Gasteiger partial charge in [-0.05, 0) is 38.0 Å². The number of nitrogens with zero attached hydrogens (tertiary/aromatic N) is 1. The number of fused-ring (bicyclic) bond motifs is 5. The quantitative estimate of drug-likeness (QED) is 0.867. The Balaban J connectivity index is 1.43. The standard InChI is InChI=1S/C18H22ClN3O3/c1-2-20-17(23)11-7-10(3-4-14(11)19)21-18(24)22-8-12-13(9-22)16-6-5-15(12)25-16/h3-4,7,12-13,15-16H,2,5-6,8-9H2,1H3,(H,20,23)(H,21,24)/t12-,13+,15+,16-. The lowest BCUT2D eigenvalue weighted by Gasteiger charge is -2.20. The topological polar surface area (TPSA) is 70.7 Å². The molecule has 4 rings (SSSR count). The first-order valence-electron chi connectivity index (χ1n) is 8.86. The molecule has 1 aromatic carbocycles. The van der Waals surface area contributed by atoms with E-state index in [1.165, 1.54) is 0 Å². The number of hydrogen-bond donors (Lipinski definition) is 2. The maximum atomic E-state index is 12.6. The van der Waals surface area contributed by atoms with E-state index >= 15 is 0 Å². The first kappa shape index (κ1) is 16.7. The number of halogens is 1. The predicted octanol–water partition coefficient (Wildman–Crippen LogP) is 2.73. The van der Waals surface area contributed by atoms with Crippen LogP contribution in [0.15, 0.2) is 18.2 Å². The molecule has 1 aromatic rings. The molecule has 25 heavy (non-hydrogen) atoms. The molecule has 3 heterocycles. The number of hydrogen-bond acceptors (Lipinski definition) is 3. The molecule has 0 saturated carbocycles. The summed E-state index contributed by atoms with van der Waals surface area (Å²) in [6, 6.07) is 4.84. The van der Waals surface area contributed by atoms with Crippen LogP contribution >= 0.6 is 11.6 Å². The largest absolute Gasteiger partial charge is 0.374 e. The fourth-order valence-electron chi connectivity index (χ4n) is 4.36. The molecular formula is C18H22ClN3O3. The lowest BCUT2D eigenvalue weighted by Crippen LogP contribution is -2.35. The van der Waals surface area contributed by atoms with Gasteiger partial charge in [0.25, 0.3) is 5.91 Å². The molecule has 3 aliphatic heterocycles. The van der Waals surface area contributed by atoms with Gasteiger partial charge < -0.3 is 20.3 Å². The second-order valence-electron chi connectivity index (χ2n) is 7.01. The molecule has 3 fully saturated rings. The van der Waals surface area contributed by atoms with Crippen molar-refractivity contribution >= 4 is 29.2 Å². The van der Waals surface area contributed by atoms with Gasteiger partial charge in [-0.15, -0.1) is 0 Å². The summed E-state index contributed by atoms with van der Waals surface area (Å²) >= 11 is 6.10. The Labute approximate surface area is 151 Å². The van der Waals surface area contributed by atoms with Gasteiger partial charge in [0.2, 0.25) is 0 Å². The van der Waals surface area contributed by atoms with Crippen molar-refractivity contribution in [2.75, 3.05) is 25.0 Å². The first-order valence-corrected chi connectivity index (χ1v) is 9.23. The minimum Gasteiger partial charge on any atom is -0.374 e. The summed E-state index contributed by atoms with van der Waals surface area (Å²) in [5.41, 5.74) is 0.943. The van der Waals surface area contributed by atoms with E-state index in [4.69, 9.17) is 16.3 Å². The van der Waals surface area contributed by atoms with Crippen LogP contribution in [0.3, 0.4) is 0 Å². The average molecular weight is 364 g/mol. The summed E-state index contributed by atoms with van der Waals surface area (Å²) in [6.07, 6.45) is 2.89. The molecule has 0 aliphatic carbocycles. The van der Waals surface area contributed by atoms with Crippen molar-refractivity contribution in [2.24, 2.45) is 11.8 Å². The van der Waals surface area contributed by atoms with Crippen LogP contribution < -0.4 is 10.6 Å². The average Bonchev–Trinajstić information content (AvgIpc) is 3.29. The molecule has 7 heteroatoms. The van der Waals surface area contributed by atoms with E-state index < -0.39 is 0 Å². The van der Waals surface area contributed by atoms with Crippen molar-refractivity contribution in [2.45, 2.75) is 32.0 Å². The van der Waals surface area contributed by atoms with E-state index in [1.807, 2.05) is 11.8 Å². The van der Waals surface area contributed by atoms with E-state index in [-0.39, 0.29) is 11.9 Å². The molecule has 0 spiro atoms. The molecule has 3 amide bonds. The third-order valence-corrected chi connectivity index (χ3v) is 5.87. The van der Waals surface area contributed by atoms with Gasteiger partial charge in [0, 0.05) is 37.2 Å². The maximum Gasteiger partial charge on any atom is 0.321 e. The van der Waals surface area contributed by atoms with Crippen molar-refractivity contribution < 1.29 is 14.3 Å². The van der Waals surface area contributed by atoms with Crippen molar-refractivity contribution in [3.05, 3.63) is 28.8 Å². The number of ether oxygens (including phenoxy) is 1. The fraction of sp³-hybridized carbons (Fsp3) is 0.556. The van der Waals surface area contributed by atoms with E-state index in [1.54, 1.807) is 18.2 Å². The number of amides is 3. The third kappa shape index (κ3) is 2.98. The molecule has 2 N–H and O–H groups in total. The Morgan fingerprint density at radius 2 is 1.92 bits per heavy atom. The van der Waals surface area contributed by atoms with Gasteiger partial charge in [-0.2, -0.15) is 0 Å². The van der Waals surface area contributed by atoms with Crippen molar-refractivity contribution in [1.82, 2.24) is 10.2 Å². The maximum absolute atomic E-state index is 12.6. The minimum absolute atomic E-state index is 0.127. The monoisotopic (exact) mass is 363 g/mol. The van der Waals surface area contributed by atoms with Crippen LogP contribution in [0.2, 0.25) is 5.02 Å². The highest BCUT2D eigenvalue weighted by Gasteiger charge is 2.53. The number of rotatable bonds is 3. The number of benzene rings is 1. The summed E-state index contributed by atoms with van der Waals surface area (Å²) in [6.45, 7) is 3.86. The highest BCUT2D eigenvalue weighted by atomic mass is 35.5. The van der Waals surface area contributed by atoms with E-state index in [0.717, 1.165) is 25.9 Å². The predicted molar refractivity (Wildman–Crippen MR) is 94.9 cm³/mol. The molecule has 0 unspecified atom stereocenters. The third-order valence-electron chi connectivity index (χ3n) is 5.54. The molecule has 6 nitrogen and oxygen atoms in total. The molecular weight excluding hydrogens is 342 g/mol. The zero-order valence-corrected chi connectivity index (χ0v) is 14.9. The van der Waals surface area contributed by atoms with Gasteiger partial charge in [0.05, 0.1) is 22.8 Å².